The number of aromatic nitrogens is 2. The van der Waals surface area contributed by atoms with Gasteiger partial charge in [-0.05, 0) is 49.8 Å². The van der Waals surface area contributed by atoms with E-state index in [0.717, 1.165) is 25.2 Å². The summed E-state index contributed by atoms with van der Waals surface area (Å²) in [6.07, 6.45) is -0.927. The molecule has 0 radical (unpaired) electrons. The van der Waals surface area contributed by atoms with Crippen LogP contribution in [0.5, 0.6) is 5.75 Å². The molecule has 0 aliphatic heterocycles. The minimum atomic E-state index is -0.927. The number of amides is 1. The molecule has 1 atom stereocenters. The van der Waals surface area contributed by atoms with Gasteiger partial charge in [0.1, 0.15) is 10.6 Å². The van der Waals surface area contributed by atoms with Crippen LogP contribution in [0.2, 0.25) is 5.02 Å². The number of hydrogen-bond acceptors (Lipinski definition) is 5. The third-order valence-corrected chi connectivity index (χ3v) is 6.87. The van der Waals surface area contributed by atoms with E-state index in [1.165, 1.54) is 11.3 Å². The van der Waals surface area contributed by atoms with E-state index in [2.05, 4.69) is 26.3 Å². The van der Waals surface area contributed by atoms with Gasteiger partial charge in [0.2, 0.25) is 4.77 Å². The lowest BCUT2D eigenvalue weighted by atomic mass is 10.0. The second kappa shape index (κ2) is 9.19. The van der Waals surface area contributed by atoms with Gasteiger partial charge in [-0.2, -0.15) is 4.68 Å². The van der Waals surface area contributed by atoms with Gasteiger partial charge in [-0.3, -0.25) is 15.0 Å². The molecule has 1 amide bonds. The molecule has 0 aliphatic rings. The molecule has 2 aromatic carbocycles. The Morgan fingerprint density at radius 2 is 2.00 bits per heavy atom. The molecule has 0 spiro atoms. The van der Waals surface area contributed by atoms with Crippen molar-refractivity contribution in [2.24, 2.45) is 0 Å². The average molecular weight is 551 g/mol. The van der Waals surface area contributed by atoms with Crippen LogP contribution in [0.15, 0.2) is 57.8 Å². The van der Waals surface area contributed by atoms with Crippen molar-refractivity contribution in [3.63, 3.8) is 0 Å². The van der Waals surface area contributed by atoms with Crippen molar-refractivity contribution >= 4 is 67.2 Å². The third kappa shape index (κ3) is 4.38. The lowest BCUT2D eigenvalue weighted by Gasteiger charge is -2.16. The van der Waals surface area contributed by atoms with Gasteiger partial charge >= 0.3 is 0 Å². The van der Waals surface area contributed by atoms with Crippen molar-refractivity contribution in [2.75, 3.05) is 5.43 Å². The zero-order valence-corrected chi connectivity index (χ0v) is 20.9. The largest absolute Gasteiger partial charge is 0.479 e. The molecule has 4 rings (SSSR count). The second-order valence-electron chi connectivity index (χ2n) is 6.98. The van der Waals surface area contributed by atoms with E-state index in [1.807, 2.05) is 37.3 Å². The maximum atomic E-state index is 13.4. The third-order valence-electron chi connectivity index (χ3n) is 4.78. The monoisotopic (exact) mass is 549 g/mol. The first kappa shape index (κ1) is 22.7. The second-order valence-corrected chi connectivity index (χ2v) is 9.92. The smallest absolute Gasteiger partial charge is 0.282 e. The van der Waals surface area contributed by atoms with Crippen molar-refractivity contribution in [1.29, 1.82) is 0 Å². The molecular formula is C22H17BrClN3O3S2. The summed E-state index contributed by atoms with van der Waals surface area (Å²) in [5.41, 5.74) is 3.89. The Balaban J connectivity index is 1.69. The average Bonchev–Trinajstić information content (AvgIpc) is 3.09. The summed E-state index contributed by atoms with van der Waals surface area (Å²) >= 11 is 16.3. The zero-order valence-electron chi connectivity index (χ0n) is 16.9. The number of fused-ring (bicyclic) bond motifs is 1. The van der Waals surface area contributed by atoms with E-state index in [1.54, 1.807) is 25.1 Å². The van der Waals surface area contributed by atoms with Gasteiger partial charge in [0.25, 0.3) is 11.5 Å². The van der Waals surface area contributed by atoms with Crippen LogP contribution in [-0.4, -0.2) is 21.7 Å². The Bertz CT molecular complexity index is 1450. The summed E-state index contributed by atoms with van der Waals surface area (Å²) < 4.78 is 7.60. The number of carbonyl (C=O) groups is 1. The number of H-pyrrole nitrogens is 1. The first-order valence-corrected chi connectivity index (χ1v) is 11.9. The molecule has 0 fully saturated rings. The summed E-state index contributed by atoms with van der Waals surface area (Å²) in [7, 11) is 0. The lowest BCUT2D eigenvalue weighted by Crippen LogP contribution is -2.40. The molecule has 32 heavy (non-hydrogen) atoms. The number of benzene rings is 2. The number of thiophene rings is 1. The van der Waals surface area contributed by atoms with Crippen molar-refractivity contribution in [3.05, 3.63) is 78.0 Å². The van der Waals surface area contributed by atoms with E-state index in [-0.39, 0.29) is 4.77 Å². The topological polar surface area (TPSA) is 76.1 Å². The van der Waals surface area contributed by atoms with Crippen molar-refractivity contribution in [2.45, 2.75) is 20.0 Å². The molecule has 0 bridgehead atoms. The highest BCUT2D eigenvalue weighted by molar-refractivity contribution is 9.10. The summed E-state index contributed by atoms with van der Waals surface area (Å²) in [6, 6.07) is 14.7. The van der Waals surface area contributed by atoms with E-state index in [9.17, 15) is 9.59 Å². The standard InChI is InChI=1S/C22H17BrClN3O3S2/c1-11(30-16-9-8-14(23)10-15(16)24)19(28)26-27-21(29)18-17(13-6-4-3-5-7-13)12(2)32-20(18)25-22(27)31/h3-11H,1-2H3,(H,25,31)(H,26,28)/t11-/m0/s1. The molecule has 6 nitrogen and oxygen atoms in total. The van der Waals surface area contributed by atoms with Crippen LogP contribution in [0, 0.1) is 11.7 Å². The molecule has 2 aromatic heterocycles. The van der Waals surface area contributed by atoms with Crippen LogP contribution in [0.1, 0.15) is 11.8 Å². The van der Waals surface area contributed by atoms with Crippen molar-refractivity contribution in [3.8, 4) is 16.9 Å². The fourth-order valence-corrected chi connectivity index (χ4v) is 5.34. The molecule has 10 heteroatoms. The zero-order chi connectivity index (χ0) is 23.0. The Morgan fingerprint density at radius 3 is 2.69 bits per heavy atom. The summed E-state index contributed by atoms with van der Waals surface area (Å²) in [5, 5.41) is 0.827. The van der Waals surface area contributed by atoms with E-state index >= 15 is 0 Å². The number of nitrogens with one attached hydrogen (secondary N) is 2. The van der Waals surface area contributed by atoms with Crippen LogP contribution in [-0.2, 0) is 4.79 Å². The van der Waals surface area contributed by atoms with Gasteiger partial charge in [0, 0.05) is 14.9 Å². The number of carbonyl (C=O) groups excluding carboxylic acids is 1. The fraction of sp³-hybridized carbons (Fsp3) is 0.136. The maximum absolute atomic E-state index is 13.4. The highest BCUT2D eigenvalue weighted by Crippen LogP contribution is 2.35. The number of nitrogens with zero attached hydrogens (tertiary/aromatic N) is 1. The van der Waals surface area contributed by atoms with Crippen molar-refractivity contribution < 1.29 is 9.53 Å². The molecule has 164 valence electrons. The van der Waals surface area contributed by atoms with Gasteiger partial charge in [-0.1, -0.05) is 57.9 Å². The van der Waals surface area contributed by atoms with Crippen LogP contribution < -0.4 is 15.7 Å². The van der Waals surface area contributed by atoms with E-state index < -0.39 is 17.6 Å². The van der Waals surface area contributed by atoms with Crippen LogP contribution in [0.4, 0.5) is 0 Å². The highest BCUT2D eigenvalue weighted by Gasteiger charge is 2.21. The van der Waals surface area contributed by atoms with Gasteiger partial charge in [0.15, 0.2) is 6.10 Å². The number of aromatic amines is 1. The number of halogens is 2. The molecule has 0 unspecified atom stereocenters. The SMILES string of the molecule is Cc1sc2[nH]c(=S)n(NC(=O)[C@H](C)Oc3ccc(Br)cc3Cl)c(=O)c2c1-c1ccccc1. The number of ether oxygens (including phenoxy) is 1. The number of hydrogen-bond donors (Lipinski definition) is 2. The van der Waals surface area contributed by atoms with Gasteiger partial charge in [-0.15, -0.1) is 11.3 Å². The quantitative estimate of drug-likeness (QED) is 0.297. The van der Waals surface area contributed by atoms with Gasteiger partial charge in [-0.25, -0.2) is 0 Å². The van der Waals surface area contributed by atoms with Gasteiger partial charge < -0.3 is 9.72 Å². The first-order chi connectivity index (χ1) is 15.3. The predicted molar refractivity (Wildman–Crippen MR) is 135 cm³/mol. The maximum Gasteiger partial charge on any atom is 0.282 e. The lowest BCUT2D eigenvalue weighted by molar-refractivity contribution is -0.123. The Morgan fingerprint density at radius 1 is 1.28 bits per heavy atom. The Kier molecular flexibility index (Phi) is 6.52. The van der Waals surface area contributed by atoms with Crippen LogP contribution in [0.25, 0.3) is 21.3 Å². The van der Waals surface area contributed by atoms with Gasteiger partial charge in [0.05, 0.1) is 10.4 Å². The number of aryl methyl sites for hydroxylation is 1. The highest BCUT2D eigenvalue weighted by atomic mass is 79.9. The Labute approximate surface area is 205 Å². The molecule has 4 aromatic rings. The molecule has 2 N–H and O–H groups in total. The summed E-state index contributed by atoms with van der Waals surface area (Å²) in [4.78, 5) is 30.8. The summed E-state index contributed by atoms with van der Waals surface area (Å²) in [6.45, 7) is 3.51. The molecule has 0 aliphatic carbocycles. The van der Waals surface area contributed by atoms with Crippen LogP contribution in [0.3, 0.4) is 0 Å². The Hall–Kier alpha value is -2.46. The molecular weight excluding hydrogens is 534 g/mol. The molecule has 0 saturated carbocycles. The summed E-state index contributed by atoms with van der Waals surface area (Å²) in [5.74, 6) is -0.191. The minimum Gasteiger partial charge on any atom is -0.479 e. The van der Waals surface area contributed by atoms with Crippen molar-refractivity contribution in [1.82, 2.24) is 9.66 Å². The molecule has 0 saturated heterocycles. The minimum absolute atomic E-state index is 0.0885. The normalized spacial score (nSPS) is 12.0. The predicted octanol–water partition coefficient (Wildman–Crippen LogP) is 6.05. The molecule has 2 heterocycles. The van der Waals surface area contributed by atoms with E-state index in [4.69, 9.17) is 28.6 Å². The fourth-order valence-electron chi connectivity index (χ4n) is 3.26. The number of rotatable bonds is 5. The first-order valence-electron chi connectivity index (χ1n) is 9.52. The van der Waals surface area contributed by atoms with E-state index in [0.29, 0.717) is 21.0 Å². The van der Waals surface area contributed by atoms with Crippen LogP contribution >= 0.6 is 51.1 Å².